The number of ketones is 1. The number of pyridine rings is 1. The van der Waals surface area contributed by atoms with Gasteiger partial charge in [-0.05, 0) is 37.3 Å². The van der Waals surface area contributed by atoms with Crippen LogP contribution in [0.3, 0.4) is 0 Å². The predicted octanol–water partition coefficient (Wildman–Crippen LogP) is 1.29. The van der Waals surface area contributed by atoms with Crippen LogP contribution in [0.2, 0.25) is 0 Å². The Balaban J connectivity index is 1.34. The van der Waals surface area contributed by atoms with Gasteiger partial charge in [-0.3, -0.25) is 14.4 Å². The van der Waals surface area contributed by atoms with Crippen molar-refractivity contribution in [3.63, 3.8) is 0 Å². The van der Waals surface area contributed by atoms with Crippen LogP contribution in [0.4, 0.5) is 0 Å². The van der Waals surface area contributed by atoms with E-state index < -0.39 is 16.4 Å². The Morgan fingerprint density at radius 2 is 2.09 bits per heavy atom. The molecule has 2 aromatic rings. The van der Waals surface area contributed by atoms with Gasteiger partial charge in [0.05, 0.1) is 18.0 Å². The van der Waals surface area contributed by atoms with E-state index in [1.54, 1.807) is 23.2 Å². The Hall–Kier alpha value is -2.23. The summed E-state index contributed by atoms with van der Waals surface area (Å²) >= 11 is 12.2. The fourth-order valence-electron chi connectivity index (χ4n) is 4.86. The molecule has 5 atom stereocenters. The average Bonchev–Trinajstić information content (AvgIpc) is 3.55. The van der Waals surface area contributed by atoms with Gasteiger partial charge in [0.25, 0.3) is 0 Å². The topological polar surface area (TPSA) is 117 Å². The van der Waals surface area contributed by atoms with Crippen molar-refractivity contribution in [3.8, 4) is 0 Å². The lowest BCUT2D eigenvalue weighted by Gasteiger charge is -2.28. The highest BCUT2D eigenvalue weighted by Crippen LogP contribution is 2.55. The number of hydrogen-bond donors (Lipinski definition) is 2. The number of halogens is 2. The fraction of sp³-hybridized carbons (Fsp3) is 0.571. The highest BCUT2D eigenvalue weighted by molar-refractivity contribution is 6.51. The molecule has 3 aliphatic rings. The van der Waals surface area contributed by atoms with Gasteiger partial charge < -0.3 is 15.3 Å². The standard InChI is InChI=1S/C21H23Cl2N5O4/c1-10(30)18-12-3-2-4-24-19(12)27(26-18)8-17(31)28-15-5-11(15)6-16(28)20(32)25-14(9-29)13-7-21(13,22)23/h2-4,11,13-16,29H,5-9H2,1H3,(H,25,32)/t11-,13?,14?,15-,16+/m1/s1. The van der Waals surface area contributed by atoms with Crippen molar-refractivity contribution in [1.29, 1.82) is 0 Å². The Morgan fingerprint density at radius 3 is 2.75 bits per heavy atom. The lowest BCUT2D eigenvalue weighted by atomic mass is 10.1. The Labute approximate surface area is 194 Å². The van der Waals surface area contributed by atoms with Gasteiger partial charge in [-0.2, -0.15) is 5.10 Å². The molecule has 2 aliphatic carbocycles. The maximum Gasteiger partial charge on any atom is 0.245 e. The molecule has 2 amide bonds. The summed E-state index contributed by atoms with van der Waals surface area (Å²) in [6.07, 6.45) is 3.52. The maximum atomic E-state index is 13.3. The monoisotopic (exact) mass is 479 g/mol. The molecule has 9 nitrogen and oxygen atoms in total. The lowest BCUT2D eigenvalue weighted by Crippen LogP contribution is -2.52. The number of aliphatic hydroxyl groups excluding tert-OH is 1. The minimum atomic E-state index is -0.934. The first-order valence-electron chi connectivity index (χ1n) is 10.6. The molecule has 0 bridgehead atoms. The van der Waals surface area contributed by atoms with Gasteiger partial charge in [-0.15, -0.1) is 23.2 Å². The number of fused-ring (bicyclic) bond motifs is 2. The first kappa shape index (κ1) is 21.6. The molecule has 2 aromatic heterocycles. The van der Waals surface area contributed by atoms with E-state index in [1.165, 1.54) is 11.6 Å². The zero-order valence-corrected chi connectivity index (χ0v) is 18.9. The summed E-state index contributed by atoms with van der Waals surface area (Å²) in [5, 5.41) is 17.4. The zero-order valence-electron chi connectivity index (χ0n) is 17.4. The normalized spacial score (nSPS) is 28.3. The molecule has 32 heavy (non-hydrogen) atoms. The molecule has 5 rings (SSSR count). The largest absolute Gasteiger partial charge is 0.394 e. The zero-order chi connectivity index (χ0) is 22.8. The molecule has 0 spiro atoms. The summed E-state index contributed by atoms with van der Waals surface area (Å²) in [4.78, 5) is 44.2. The number of carbonyl (C=O) groups is 3. The fourth-order valence-corrected chi connectivity index (χ4v) is 5.50. The van der Waals surface area contributed by atoms with Gasteiger partial charge in [0.2, 0.25) is 11.8 Å². The molecule has 3 heterocycles. The average molecular weight is 480 g/mol. The van der Waals surface area contributed by atoms with Gasteiger partial charge >= 0.3 is 0 Å². The third-order valence-corrected chi connectivity index (χ3v) is 7.57. The third-order valence-electron chi connectivity index (χ3n) is 6.70. The number of nitrogens with zero attached hydrogens (tertiary/aromatic N) is 4. The number of hydrogen-bond acceptors (Lipinski definition) is 6. The molecule has 170 valence electrons. The number of carbonyl (C=O) groups excluding carboxylic acids is 3. The maximum absolute atomic E-state index is 13.3. The highest BCUT2D eigenvalue weighted by Gasteiger charge is 2.58. The van der Waals surface area contributed by atoms with Gasteiger partial charge in [0, 0.05) is 25.1 Å². The minimum absolute atomic E-state index is 0.0222. The van der Waals surface area contributed by atoms with E-state index >= 15 is 0 Å². The second kappa shape index (κ2) is 7.67. The summed E-state index contributed by atoms with van der Waals surface area (Å²) in [5.74, 6) is -0.695. The van der Waals surface area contributed by atoms with Crippen LogP contribution in [-0.2, 0) is 16.1 Å². The van der Waals surface area contributed by atoms with Crippen molar-refractivity contribution in [2.45, 2.75) is 55.2 Å². The molecule has 1 saturated heterocycles. The lowest BCUT2D eigenvalue weighted by molar-refractivity contribution is -0.140. The van der Waals surface area contributed by atoms with Crippen LogP contribution in [0.15, 0.2) is 18.3 Å². The SMILES string of the molecule is CC(=O)c1nn(CC(=O)N2[C@@H]3C[C@@H]3C[C@H]2C(=O)NC(CO)C2CC2(Cl)Cl)c2ncccc12. The number of rotatable bonds is 7. The Morgan fingerprint density at radius 1 is 1.34 bits per heavy atom. The van der Waals surface area contributed by atoms with Gasteiger partial charge in [-0.25, -0.2) is 9.67 Å². The quantitative estimate of drug-likeness (QED) is 0.456. The van der Waals surface area contributed by atoms with Crippen LogP contribution in [0, 0.1) is 11.8 Å². The molecule has 1 aliphatic heterocycles. The summed E-state index contributed by atoms with van der Waals surface area (Å²) in [5.41, 5.74) is 0.718. The molecular formula is C21H23Cl2N5O4. The van der Waals surface area contributed by atoms with Crippen molar-refractivity contribution >= 4 is 51.8 Å². The Bertz CT molecular complexity index is 1120. The second-order valence-electron chi connectivity index (χ2n) is 8.92. The molecule has 2 unspecified atom stereocenters. The van der Waals surface area contributed by atoms with E-state index in [4.69, 9.17) is 23.2 Å². The number of piperidine rings is 1. The summed E-state index contributed by atoms with van der Waals surface area (Å²) in [7, 11) is 0. The predicted molar refractivity (Wildman–Crippen MR) is 116 cm³/mol. The van der Waals surface area contributed by atoms with Crippen LogP contribution < -0.4 is 5.32 Å². The van der Waals surface area contributed by atoms with Crippen molar-refractivity contribution in [3.05, 3.63) is 24.0 Å². The third kappa shape index (κ3) is 3.66. The van der Waals surface area contributed by atoms with E-state index in [9.17, 15) is 19.5 Å². The molecule has 11 heteroatoms. The smallest absolute Gasteiger partial charge is 0.245 e. The van der Waals surface area contributed by atoms with Crippen LogP contribution in [0.5, 0.6) is 0 Å². The number of amides is 2. The summed E-state index contributed by atoms with van der Waals surface area (Å²) in [6, 6.07) is 2.31. The number of alkyl halides is 2. The molecule has 0 radical (unpaired) electrons. The summed E-state index contributed by atoms with van der Waals surface area (Å²) in [6.45, 7) is 1.03. The van der Waals surface area contributed by atoms with Crippen LogP contribution in [0.25, 0.3) is 11.0 Å². The molecule has 3 fully saturated rings. The number of likely N-dealkylation sites (tertiary alicyclic amines) is 1. The molecule has 2 saturated carbocycles. The number of Topliss-reactive ketones (excluding diaryl/α,β-unsaturated/α-hetero) is 1. The van der Waals surface area contributed by atoms with Crippen LogP contribution >= 0.6 is 23.2 Å². The van der Waals surface area contributed by atoms with Gasteiger partial charge in [-0.1, -0.05) is 0 Å². The van der Waals surface area contributed by atoms with E-state index in [-0.39, 0.29) is 48.4 Å². The minimum Gasteiger partial charge on any atom is -0.394 e. The van der Waals surface area contributed by atoms with E-state index in [1.807, 2.05) is 0 Å². The van der Waals surface area contributed by atoms with Gasteiger partial charge in [0.15, 0.2) is 11.4 Å². The number of aromatic nitrogens is 3. The van der Waals surface area contributed by atoms with Gasteiger partial charge in [0.1, 0.15) is 22.6 Å². The van der Waals surface area contributed by atoms with Crippen molar-refractivity contribution in [2.75, 3.05) is 6.61 Å². The summed E-state index contributed by atoms with van der Waals surface area (Å²) < 4.78 is 0.492. The van der Waals surface area contributed by atoms with Crippen LogP contribution in [-0.4, -0.2) is 71.4 Å². The van der Waals surface area contributed by atoms with E-state index in [0.717, 1.165) is 6.42 Å². The van der Waals surface area contributed by atoms with E-state index in [0.29, 0.717) is 29.8 Å². The molecule has 0 aromatic carbocycles. The molecular weight excluding hydrogens is 457 g/mol. The molecule has 2 N–H and O–H groups in total. The Kier molecular flexibility index (Phi) is 5.18. The number of aliphatic hydroxyl groups is 1. The second-order valence-corrected chi connectivity index (χ2v) is 10.5. The van der Waals surface area contributed by atoms with Crippen LogP contribution in [0.1, 0.15) is 36.7 Å². The first-order valence-corrected chi connectivity index (χ1v) is 11.4. The van der Waals surface area contributed by atoms with Crippen molar-refractivity contribution in [1.82, 2.24) is 25.0 Å². The highest BCUT2D eigenvalue weighted by atomic mass is 35.5. The first-order chi connectivity index (χ1) is 15.2. The van der Waals surface area contributed by atoms with Crippen molar-refractivity contribution < 1.29 is 19.5 Å². The van der Waals surface area contributed by atoms with Crippen molar-refractivity contribution in [2.24, 2.45) is 11.8 Å². The number of nitrogens with one attached hydrogen (secondary N) is 1. The van der Waals surface area contributed by atoms with E-state index in [2.05, 4.69) is 15.4 Å².